The van der Waals surface area contributed by atoms with Crippen molar-refractivity contribution in [2.75, 3.05) is 5.73 Å². The third kappa shape index (κ3) is 3.98. The minimum Gasteiger partial charge on any atom is -0.399 e. The highest BCUT2D eigenvalue weighted by molar-refractivity contribution is 5.94. The van der Waals surface area contributed by atoms with Crippen LogP contribution in [-0.2, 0) is 12.7 Å². The van der Waals surface area contributed by atoms with E-state index in [1.165, 1.54) is 0 Å². The van der Waals surface area contributed by atoms with E-state index in [2.05, 4.69) is 5.32 Å². The Morgan fingerprint density at radius 2 is 1.57 bits per heavy atom. The van der Waals surface area contributed by atoms with Crippen LogP contribution < -0.4 is 11.1 Å². The first kappa shape index (κ1) is 14.9. The number of rotatable bonds is 3. The maximum atomic E-state index is 12.4. The number of alkyl halides is 3. The molecule has 6 heteroatoms. The number of carbonyl (C=O) groups excluding carboxylic acids is 1. The Morgan fingerprint density at radius 3 is 2.10 bits per heavy atom. The fourth-order valence-electron chi connectivity index (χ4n) is 1.73. The van der Waals surface area contributed by atoms with E-state index in [1.54, 1.807) is 24.3 Å². The van der Waals surface area contributed by atoms with Gasteiger partial charge in [0, 0.05) is 17.8 Å². The first-order chi connectivity index (χ1) is 9.86. The normalized spacial score (nSPS) is 11.2. The third-order valence-electron chi connectivity index (χ3n) is 2.91. The summed E-state index contributed by atoms with van der Waals surface area (Å²) in [4.78, 5) is 11.8. The summed E-state index contributed by atoms with van der Waals surface area (Å²) in [5.41, 5.74) is 6.41. The van der Waals surface area contributed by atoms with Gasteiger partial charge in [0.25, 0.3) is 5.91 Å². The average Bonchev–Trinajstić information content (AvgIpc) is 2.45. The summed E-state index contributed by atoms with van der Waals surface area (Å²) in [6.07, 6.45) is -4.40. The van der Waals surface area contributed by atoms with Crippen molar-refractivity contribution in [1.29, 1.82) is 0 Å². The summed E-state index contributed by atoms with van der Waals surface area (Å²) in [6, 6.07) is 11.0. The topological polar surface area (TPSA) is 55.1 Å². The van der Waals surface area contributed by atoms with E-state index in [-0.39, 0.29) is 12.1 Å². The number of benzene rings is 2. The number of nitrogen functional groups attached to an aromatic ring is 1. The molecule has 2 rings (SSSR count). The molecule has 21 heavy (non-hydrogen) atoms. The predicted molar refractivity (Wildman–Crippen MR) is 73.5 cm³/mol. The van der Waals surface area contributed by atoms with Crippen LogP contribution in [0.2, 0.25) is 0 Å². The van der Waals surface area contributed by atoms with E-state index < -0.39 is 17.6 Å². The van der Waals surface area contributed by atoms with Crippen LogP contribution in [0, 0.1) is 0 Å². The van der Waals surface area contributed by atoms with Gasteiger partial charge in [-0.25, -0.2) is 0 Å². The van der Waals surface area contributed by atoms with Crippen LogP contribution in [0.5, 0.6) is 0 Å². The first-order valence-corrected chi connectivity index (χ1v) is 6.16. The van der Waals surface area contributed by atoms with E-state index in [4.69, 9.17) is 5.73 Å². The fourth-order valence-corrected chi connectivity index (χ4v) is 1.73. The minimum absolute atomic E-state index is 0.179. The van der Waals surface area contributed by atoms with Crippen LogP contribution in [0.25, 0.3) is 0 Å². The molecule has 0 saturated heterocycles. The van der Waals surface area contributed by atoms with Crippen LogP contribution >= 0.6 is 0 Å². The lowest BCUT2D eigenvalue weighted by Crippen LogP contribution is -2.22. The number of anilines is 1. The summed E-state index contributed by atoms with van der Waals surface area (Å²) >= 11 is 0. The molecule has 0 radical (unpaired) electrons. The first-order valence-electron chi connectivity index (χ1n) is 6.16. The maximum absolute atomic E-state index is 12.4. The van der Waals surface area contributed by atoms with Crippen LogP contribution in [0.4, 0.5) is 18.9 Å². The summed E-state index contributed by atoms with van der Waals surface area (Å²) in [5, 5.41) is 2.63. The van der Waals surface area contributed by atoms with Gasteiger partial charge in [0.05, 0.1) is 5.56 Å². The number of hydrogen-bond acceptors (Lipinski definition) is 2. The number of amides is 1. The van der Waals surface area contributed by atoms with Gasteiger partial charge in [-0.2, -0.15) is 13.2 Å². The van der Waals surface area contributed by atoms with Crippen molar-refractivity contribution in [3.05, 3.63) is 65.2 Å². The highest BCUT2D eigenvalue weighted by Crippen LogP contribution is 2.29. The van der Waals surface area contributed by atoms with Crippen LogP contribution in [0.3, 0.4) is 0 Å². The Bertz CT molecular complexity index is 619. The van der Waals surface area contributed by atoms with Crippen molar-refractivity contribution >= 4 is 11.6 Å². The molecule has 1 amide bonds. The van der Waals surface area contributed by atoms with Gasteiger partial charge in [0.15, 0.2) is 0 Å². The maximum Gasteiger partial charge on any atom is 0.416 e. The van der Waals surface area contributed by atoms with E-state index in [0.29, 0.717) is 5.69 Å². The molecule has 0 atom stereocenters. The van der Waals surface area contributed by atoms with Crippen molar-refractivity contribution in [3.63, 3.8) is 0 Å². The van der Waals surface area contributed by atoms with E-state index in [1.807, 2.05) is 0 Å². The molecular weight excluding hydrogens is 281 g/mol. The lowest BCUT2D eigenvalue weighted by molar-refractivity contribution is -0.137. The fraction of sp³-hybridized carbons (Fsp3) is 0.133. The van der Waals surface area contributed by atoms with Crippen molar-refractivity contribution in [2.45, 2.75) is 12.7 Å². The molecule has 0 aliphatic heterocycles. The Balaban J connectivity index is 1.99. The minimum atomic E-state index is -4.40. The van der Waals surface area contributed by atoms with Crippen molar-refractivity contribution < 1.29 is 18.0 Å². The van der Waals surface area contributed by atoms with Crippen LogP contribution in [-0.4, -0.2) is 5.91 Å². The van der Waals surface area contributed by atoms with Crippen molar-refractivity contribution in [1.82, 2.24) is 5.32 Å². The molecule has 0 bridgehead atoms. The third-order valence-corrected chi connectivity index (χ3v) is 2.91. The van der Waals surface area contributed by atoms with Crippen LogP contribution in [0.1, 0.15) is 21.5 Å². The van der Waals surface area contributed by atoms with Gasteiger partial charge in [-0.15, -0.1) is 0 Å². The average molecular weight is 294 g/mol. The summed E-state index contributed by atoms with van der Waals surface area (Å²) < 4.78 is 37.2. The number of nitrogens with one attached hydrogen (secondary N) is 1. The summed E-state index contributed by atoms with van der Waals surface area (Å²) in [5.74, 6) is -0.430. The SMILES string of the molecule is Nc1ccc(CNC(=O)c2ccc(C(F)(F)F)cc2)cc1. The monoisotopic (exact) mass is 294 g/mol. The Hall–Kier alpha value is -2.50. The van der Waals surface area contributed by atoms with Gasteiger partial charge in [-0.1, -0.05) is 12.1 Å². The largest absolute Gasteiger partial charge is 0.416 e. The van der Waals surface area contributed by atoms with Crippen LogP contribution in [0.15, 0.2) is 48.5 Å². The Morgan fingerprint density at radius 1 is 1.00 bits per heavy atom. The molecule has 0 unspecified atom stereocenters. The summed E-state index contributed by atoms with van der Waals surface area (Å²) in [6.45, 7) is 0.278. The number of carbonyl (C=O) groups is 1. The smallest absolute Gasteiger partial charge is 0.399 e. The molecule has 0 aliphatic rings. The molecule has 0 saturated carbocycles. The Kier molecular flexibility index (Phi) is 4.16. The highest BCUT2D eigenvalue weighted by Gasteiger charge is 2.30. The van der Waals surface area contributed by atoms with Gasteiger partial charge in [-0.05, 0) is 42.0 Å². The van der Waals surface area contributed by atoms with Gasteiger partial charge in [0.1, 0.15) is 0 Å². The van der Waals surface area contributed by atoms with E-state index in [9.17, 15) is 18.0 Å². The molecule has 3 N–H and O–H groups in total. The zero-order chi connectivity index (χ0) is 15.5. The van der Waals surface area contributed by atoms with Crippen molar-refractivity contribution in [3.8, 4) is 0 Å². The lowest BCUT2D eigenvalue weighted by Gasteiger charge is -2.08. The number of hydrogen-bond donors (Lipinski definition) is 2. The van der Waals surface area contributed by atoms with Gasteiger partial charge in [0.2, 0.25) is 0 Å². The van der Waals surface area contributed by atoms with E-state index in [0.717, 1.165) is 29.8 Å². The molecule has 2 aromatic carbocycles. The molecule has 0 aliphatic carbocycles. The zero-order valence-electron chi connectivity index (χ0n) is 10.9. The highest BCUT2D eigenvalue weighted by atomic mass is 19.4. The molecule has 3 nitrogen and oxygen atoms in total. The number of nitrogens with two attached hydrogens (primary N) is 1. The van der Waals surface area contributed by atoms with Gasteiger partial charge >= 0.3 is 6.18 Å². The summed E-state index contributed by atoms with van der Waals surface area (Å²) in [7, 11) is 0. The molecule has 2 aromatic rings. The molecule has 0 fully saturated rings. The molecule has 0 heterocycles. The zero-order valence-corrected chi connectivity index (χ0v) is 10.9. The van der Waals surface area contributed by atoms with Gasteiger partial charge < -0.3 is 11.1 Å². The second-order valence-electron chi connectivity index (χ2n) is 4.50. The molecular formula is C15H13F3N2O. The van der Waals surface area contributed by atoms with Crippen molar-refractivity contribution in [2.24, 2.45) is 0 Å². The number of halogens is 3. The second-order valence-corrected chi connectivity index (χ2v) is 4.50. The predicted octanol–water partition coefficient (Wildman–Crippen LogP) is 3.22. The molecule has 0 spiro atoms. The van der Waals surface area contributed by atoms with Gasteiger partial charge in [-0.3, -0.25) is 4.79 Å². The Labute approximate surface area is 119 Å². The standard InChI is InChI=1S/C15H13F3N2O/c16-15(17,18)12-5-3-11(4-6-12)14(21)20-9-10-1-7-13(19)8-2-10/h1-8H,9,19H2,(H,20,21). The second kappa shape index (κ2) is 5.87. The van der Waals surface area contributed by atoms with E-state index >= 15 is 0 Å². The lowest BCUT2D eigenvalue weighted by atomic mass is 10.1. The molecule has 0 aromatic heterocycles. The molecule has 110 valence electrons. The quantitative estimate of drug-likeness (QED) is 0.854.